The molecule has 2 aromatic rings. The van der Waals surface area contributed by atoms with Crippen molar-refractivity contribution in [2.45, 2.75) is 37.6 Å². The van der Waals surface area contributed by atoms with Crippen molar-refractivity contribution in [3.8, 4) is 0 Å². The fourth-order valence-electron chi connectivity index (χ4n) is 2.64. The Morgan fingerprint density at radius 1 is 1.46 bits per heavy atom. The monoisotopic (exact) mass is 352 g/mol. The molecule has 1 saturated heterocycles. The number of nitrogens with zero attached hydrogens (tertiary/aromatic N) is 4. The summed E-state index contributed by atoms with van der Waals surface area (Å²) in [6.07, 6.45) is 5.37. The molecule has 0 spiro atoms. The molecule has 0 radical (unpaired) electrons. The number of hydrogen-bond acceptors (Lipinski definition) is 8. The van der Waals surface area contributed by atoms with E-state index in [2.05, 4.69) is 15.0 Å². The van der Waals surface area contributed by atoms with Gasteiger partial charge in [0.05, 0.1) is 12.4 Å². The minimum atomic E-state index is -0.957. The van der Waals surface area contributed by atoms with Crippen molar-refractivity contribution in [3.63, 3.8) is 0 Å². The van der Waals surface area contributed by atoms with Gasteiger partial charge in [0.1, 0.15) is 24.1 Å². The van der Waals surface area contributed by atoms with Gasteiger partial charge in [-0.15, -0.1) is 0 Å². The Kier molecular flexibility index (Phi) is 5.17. The molecule has 9 nitrogen and oxygen atoms in total. The Bertz CT molecular complexity index is 724. The average molecular weight is 352 g/mol. The third kappa shape index (κ3) is 3.60. The number of anilines is 1. The van der Waals surface area contributed by atoms with E-state index in [1.807, 2.05) is 4.57 Å². The van der Waals surface area contributed by atoms with E-state index in [1.54, 1.807) is 18.1 Å². The van der Waals surface area contributed by atoms with Crippen LogP contribution in [0.2, 0.25) is 0 Å². The summed E-state index contributed by atoms with van der Waals surface area (Å²) < 4.78 is 7.95. The van der Waals surface area contributed by atoms with Gasteiger partial charge in [-0.25, -0.2) is 15.0 Å². The van der Waals surface area contributed by atoms with Gasteiger partial charge >= 0.3 is 5.97 Å². The van der Waals surface area contributed by atoms with E-state index in [0.717, 1.165) is 18.6 Å². The SMILES string of the molecule is Nc1ncnc2c1ncn2C1CCC(CSCCC(N)C(=O)O)O1. The fourth-order valence-corrected chi connectivity index (χ4v) is 3.74. The fraction of sp³-hybridized carbons (Fsp3) is 0.571. The van der Waals surface area contributed by atoms with E-state index < -0.39 is 12.0 Å². The molecule has 3 atom stereocenters. The summed E-state index contributed by atoms with van der Waals surface area (Å²) in [5.74, 6) is 0.919. The van der Waals surface area contributed by atoms with Crippen molar-refractivity contribution in [2.75, 3.05) is 17.2 Å². The van der Waals surface area contributed by atoms with Crippen molar-refractivity contribution in [2.24, 2.45) is 5.73 Å². The van der Waals surface area contributed by atoms with Crippen molar-refractivity contribution in [3.05, 3.63) is 12.7 Å². The Labute approximate surface area is 142 Å². The first-order valence-corrected chi connectivity index (χ1v) is 8.86. The van der Waals surface area contributed by atoms with E-state index in [-0.39, 0.29) is 12.3 Å². The predicted molar refractivity (Wildman–Crippen MR) is 90.4 cm³/mol. The molecule has 0 saturated carbocycles. The molecule has 1 fully saturated rings. The molecule has 130 valence electrons. The highest BCUT2D eigenvalue weighted by Crippen LogP contribution is 2.32. The maximum Gasteiger partial charge on any atom is 0.320 e. The molecule has 0 amide bonds. The van der Waals surface area contributed by atoms with Crippen LogP contribution in [0.25, 0.3) is 11.2 Å². The minimum absolute atomic E-state index is 0.115. The van der Waals surface area contributed by atoms with E-state index >= 15 is 0 Å². The van der Waals surface area contributed by atoms with Gasteiger partial charge in [-0.2, -0.15) is 11.8 Å². The van der Waals surface area contributed by atoms with Gasteiger partial charge in [0, 0.05) is 5.75 Å². The van der Waals surface area contributed by atoms with E-state index in [0.29, 0.717) is 29.2 Å². The van der Waals surface area contributed by atoms with Gasteiger partial charge in [0.2, 0.25) is 0 Å². The van der Waals surface area contributed by atoms with E-state index in [9.17, 15) is 4.79 Å². The molecule has 3 rings (SSSR count). The van der Waals surface area contributed by atoms with Crippen molar-refractivity contribution in [1.82, 2.24) is 19.5 Å². The van der Waals surface area contributed by atoms with Crippen LogP contribution >= 0.6 is 11.8 Å². The lowest BCUT2D eigenvalue weighted by molar-refractivity contribution is -0.138. The third-order valence-electron chi connectivity index (χ3n) is 3.98. The van der Waals surface area contributed by atoms with Crippen LogP contribution in [-0.4, -0.2) is 54.2 Å². The number of carboxylic acids is 1. The second-order valence-corrected chi connectivity index (χ2v) is 6.83. The molecule has 0 aromatic carbocycles. The van der Waals surface area contributed by atoms with Crippen LogP contribution in [0.4, 0.5) is 5.82 Å². The van der Waals surface area contributed by atoms with Crippen molar-refractivity contribution in [1.29, 1.82) is 0 Å². The lowest BCUT2D eigenvalue weighted by Gasteiger charge is -2.15. The highest BCUT2D eigenvalue weighted by molar-refractivity contribution is 7.99. The lowest BCUT2D eigenvalue weighted by atomic mass is 10.2. The Morgan fingerprint density at radius 2 is 2.29 bits per heavy atom. The lowest BCUT2D eigenvalue weighted by Crippen LogP contribution is -2.30. The molecule has 10 heteroatoms. The second-order valence-electron chi connectivity index (χ2n) is 5.68. The van der Waals surface area contributed by atoms with Crippen molar-refractivity contribution < 1.29 is 14.6 Å². The van der Waals surface area contributed by atoms with Gasteiger partial charge in [-0.1, -0.05) is 0 Å². The summed E-state index contributed by atoms with van der Waals surface area (Å²) in [6.45, 7) is 0. The number of nitrogens with two attached hydrogens (primary N) is 2. The summed E-state index contributed by atoms with van der Waals surface area (Å²) in [5, 5.41) is 8.75. The first kappa shape index (κ1) is 16.9. The van der Waals surface area contributed by atoms with Crippen LogP contribution in [0.1, 0.15) is 25.5 Å². The number of nitrogen functional groups attached to an aromatic ring is 1. The molecule has 3 unspecified atom stereocenters. The van der Waals surface area contributed by atoms with Crippen LogP contribution in [0.3, 0.4) is 0 Å². The second kappa shape index (κ2) is 7.32. The number of hydrogen-bond donors (Lipinski definition) is 3. The maximum atomic E-state index is 10.7. The van der Waals surface area contributed by atoms with Crippen LogP contribution in [-0.2, 0) is 9.53 Å². The first-order chi connectivity index (χ1) is 11.6. The molecule has 1 aliphatic heterocycles. The van der Waals surface area contributed by atoms with Gasteiger partial charge < -0.3 is 21.3 Å². The van der Waals surface area contributed by atoms with E-state index in [4.69, 9.17) is 21.3 Å². The minimum Gasteiger partial charge on any atom is -0.480 e. The molecular weight excluding hydrogens is 332 g/mol. The molecule has 0 bridgehead atoms. The number of thioether (sulfide) groups is 1. The third-order valence-corrected chi connectivity index (χ3v) is 5.11. The van der Waals surface area contributed by atoms with Gasteiger partial charge in [0.15, 0.2) is 11.5 Å². The summed E-state index contributed by atoms with van der Waals surface area (Å²) >= 11 is 1.66. The van der Waals surface area contributed by atoms with Crippen molar-refractivity contribution >= 4 is 34.7 Å². The quantitative estimate of drug-likeness (QED) is 0.611. The van der Waals surface area contributed by atoms with Crippen LogP contribution < -0.4 is 11.5 Å². The predicted octanol–water partition coefficient (Wildman–Crippen LogP) is 0.621. The van der Waals surface area contributed by atoms with E-state index in [1.165, 1.54) is 6.33 Å². The Balaban J connectivity index is 1.52. The molecule has 24 heavy (non-hydrogen) atoms. The first-order valence-electron chi connectivity index (χ1n) is 7.71. The molecule has 0 aliphatic carbocycles. The number of rotatable bonds is 7. The molecule has 5 N–H and O–H groups in total. The highest BCUT2D eigenvalue weighted by Gasteiger charge is 2.28. The summed E-state index contributed by atoms with van der Waals surface area (Å²) in [6, 6.07) is -0.794. The summed E-state index contributed by atoms with van der Waals surface area (Å²) in [7, 11) is 0. The number of fused-ring (bicyclic) bond motifs is 1. The zero-order chi connectivity index (χ0) is 17.1. The van der Waals surface area contributed by atoms with Gasteiger partial charge in [-0.3, -0.25) is 9.36 Å². The number of imidazole rings is 1. The number of aromatic nitrogens is 4. The number of aliphatic carboxylic acids is 1. The standard InChI is InChI=1S/C14H20N6O3S/c15-9(14(21)22)3-4-24-5-8-1-2-10(23-8)20-7-19-11-12(16)17-6-18-13(11)20/h6-10H,1-5,15H2,(H,21,22)(H2,16,17,18). The Hall–Kier alpha value is -1.91. The smallest absolute Gasteiger partial charge is 0.320 e. The molecular formula is C14H20N6O3S. The molecule has 1 aliphatic rings. The maximum absolute atomic E-state index is 10.7. The van der Waals surface area contributed by atoms with Gasteiger partial charge in [0.25, 0.3) is 0 Å². The zero-order valence-corrected chi connectivity index (χ0v) is 13.9. The number of carboxylic acid groups (broad SMARTS) is 1. The van der Waals surface area contributed by atoms with Crippen LogP contribution in [0, 0.1) is 0 Å². The highest BCUT2D eigenvalue weighted by atomic mass is 32.2. The average Bonchev–Trinajstić information content (AvgIpc) is 3.18. The summed E-state index contributed by atoms with van der Waals surface area (Å²) in [4.78, 5) is 23.1. The topological polar surface area (TPSA) is 142 Å². The number of ether oxygens (including phenoxy) is 1. The largest absolute Gasteiger partial charge is 0.480 e. The van der Waals surface area contributed by atoms with Gasteiger partial charge in [-0.05, 0) is 25.0 Å². The zero-order valence-electron chi connectivity index (χ0n) is 13.0. The van der Waals surface area contributed by atoms with Crippen LogP contribution in [0.5, 0.6) is 0 Å². The molecule has 3 heterocycles. The summed E-state index contributed by atoms with van der Waals surface area (Å²) in [5.41, 5.74) is 12.5. The Morgan fingerprint density at radius 3 is 3.08 bits per heavy atom. The van der Waals surface area contributed by atoms with Crippen LogP contribution in [0.15, 0.2) is 12.7 Å². The molecule has 2 aromatic heterocycles. The normalized spacial score (nSPS) is 22.0. The number of carbonyl (C=O) groups is 1.